The van der Waals surface area contributed by atoms with Crippen molar-refractivity contribution in [3.05, 3.63) is 67.3 Å². The molecule has 0 fully saturated rings. The van der Waals surface area contributed by atoms with Crippen LogP contribution in [0.15, 0.2) is 33.9 Å². The Morgan fingerprint density at radius 3 is 2.53 bits per heavy atom. The summed E-state index contributed by atoms with van der Waals surface area (Å²) >= 11 is 5.93. The summed E-state index contributed by atoms with van der Waals surface area (Å²) in [6.45, 7) is 3.10. The molecule has 4 rings (SSSR count). The number of tetrazole rings is 1. The third-order valence-corrected chi connectivity index (χ3v) is 5.55. The lowest BCUT2D eigenvalue weighted by Gasteiger charge is -2.11. The number of aryl methyl sites for hydroxylation is 1. The highest BCUT2D eigenvalue weighted by Gasteiger charge is 2.30. The largest absolute Gasteiger partial charge is 0.416 e. The third kappa shape index (κ3) is 5.65. The molecule has 0 aliphatic heterocycles. The molecule has 36 heavy (non-hydrogen) atoms. The van der Waals surface area contributed by atoms with E-state index in [0.717, 1.165) is 16.7 Å². The number of fused-ring (bicyclic) bond motifs is 1. The summed E-state index contributed by atoms with van der Waals surface area (Å²) in [4.78, 5) is 33.9. The molecule has 15 heteroatoms. The van der Waals surface area contributed by atoms with Crippen molar-refractivity contribution in [3.8, 4) is 0 Å². The number of rotatable bonds is 10. The van der Waals surface area contributed by atoms with Gasteiger partial charge in [-0.2, -0.15) is 23.0 Å². The fourth-order valence-corrected chi connectivity index (χ4v) is 3.82. The van der Waals surface area contributed by atoms with Crippen molar-refractivity contribution < 1.29 is 17.9 Å². The van der Waals surface area contributed by atoms with Crippen molar-refractivity contribution in [2.75, 3.05) is 13.2 Å². The van der Waals surface area contributed by atoms with Gasteiger partial charge < -0.3 is 9.72 Å². The van der Waals surface area contributed by atoms with Gasteiger partial charge in [0.2, 0.25) is 5.28 Å². The maximum Gasteiger partial charge on any atom is 0.416 e. The predicted molar refractivity (Wildman–Crippen MR) is 123 cm³/mol. The van der Waals surface area contributed by atoms with Crippen molar-refractivity contribution in [2.45, 2.75) is 45.6 Å². The number of benzene rings is 1. The van der Waals surface area contributed by atoms with Gasteiger partial charge in [0.1, 0.15) is 0 Å². The van der Waals surface area contributed by atoms with Gasteiger partial charge in [-0.3, -0.25) is 13.9 Å². The van der Waals surface area contributed by atoms with E-state index in [2.05, 4.69) is 25.4 Å². The summed E-state index contributed by atoms with van der Waals surface area (Å²) in [5, 5.41) is 12.1. The van der Waals surface area contributed by atoms with Gasteiger partial charge >= 0.3 is 11.9 Å². The number of hydrogen-bond donors (Lipinski definition) is 1. The number of aromatic nitrogens is 8. The molecular formula is C21H22ClF3N8O3. The van der Waals surface area contributed by atoms with E-state index in [1.165, 1.54) is 21.5 Å². The molecule has 1 N–H and O–H groups in total. The lowest BCUT2D eigenvalue weighted by Crippen LogP contribution is -2.41. The number of halogens is 4. The van der Waals surface area contributed by atoms with Crippen LogP contribution in [0.4, 0.5) is 13.2 Å². The summed E-state index contributed by atoms with van der Waals surface area (Å²) in [5.41, 5.74) is -0.925. The van der Waals surface area contributed by atoms with Gasteiger partial charge in [0, 0.05) is 19.6 Å². The highest BCUT2D eigenvalue weighted by Crippen LogP contribution is 2.29. The van der Waals surface area contributed by atoms with Gasteiger partial charge in [-0.05, 0) is 47.9 Å². The average Bonchev–Trinajstić information content (AvgIpc) is 3.44. The zero-order valence-electron chi connectivity index (χ0n) is 19.1. The molecule has 4 aromatic rings. The van der Waals surface area contributed by atoms with Crippen molar-refractivity contribution in [3.63, 3.8) is 0 Å². The smallest absolute Gasteiger partial charge is 0.380 e. The molecule has 0 bridgehead atoms. The minimum atomic E-state index is -4.40. The Hall–Kier alpha value is -3.52. The highest BCUT2D eigenvalue weighted by molar-refractivity contribution is 6.28. The van der Waals surface area contributed by atoms with E-state index in [4.69, 9.17) is 16.3 Å². The first-order chi connectivity index (χ1) is 17.2. The summed E-state index contributed by atoms with van der Waals surface area (Å²) < 4.78 is 45.9. The minimum absolute atomic E-state index is 0.00296. The molecule has 0 radical (unpaired) electrons. The van der Waals surface area contributed by atoms with E-state index >= 15 is 0 Å². The molecular weight excluding hydrogens is 505 g/mol. The first kappa shape index (κ1) is 25.6. The summed E-state index contributed by atoms with van der Waals surface area (Å²) in [7, 11) is 0. The Labute approximate surface area is 206 Å². The summed E-state index contributed by atoms with van der Waals surface area (Å²) in [6, 6.07) is 4.74. The summed E-state index contributed by atoms with van der Waals surface area (Å²) in [6.07, 6.45) is -3.86. The molecule has 0 aliphatic carbocycles. The number of nitrogens with one attached hydrogen (secondary N) is 1. The molecule has 0 unspecified atom stereocenters. The van der Waals surface area contributed by atoms with E-state index in [1.54, 1.807) is 0 Å². The molecule has 0 saturated heterocycles. The Kier molecular flexibility index (Phi) is 7.54. The number of aromatic amines is 1. The van der Waals surface area contributed by atoms with Crippen molar-refractivity contribution in [1.82, 2.24) is 39.3 Å². The van der Waals surface area contributed by atoms with E-state index in [0.29, 0.717) is 24.4 Å². The van der Waals surface area contributed by atoms with E-state index in [-0.39, 0.29) is 49.1 Å². The van der Waals surface area contributed by atoms with Crippen LogP contribution in [0.5, 0.6) is 0 Å². The van der Waals surface area contributed by atoms with Crippen molar-refractivity contribution in [2.24, 2.45) is 0 Å². The zero-order valence-corrected chi connectivity index (χ0v) is 19.9. The molecule has 0 atom stereocenters. The number of imidazole rings is 1. The second kappa shape index (κ2) is 10.6. The molecule has 3 aromatic heterocycles. The van der Waals surface area contributed by atoms with Gasteiger partial charge in [-0.1, -0.05) is 12.1 Å². The van der Waals surface area contributed by atoms with Gasteiger partial charge in [-0.15, -0.1) is 10.2 Å². The average molecular weight is 527 g/mol. The maximum absolute atomic E-state index is 13.0. The van der Waals surface area contributed by atoms with Crippen LogP contribution in [-0.4, -0.2) is 52.5 Å². The van der Waals surface area contributed by atoms with E-state index in [1.807, 2.05) is 6.92 Å². The van der Waals surface area contributed by atoms with Crippen LogP contribution in [0, 0.1) is 0 Å². The van der Waals surface area contributed by atoms with E-state index < -0.39 is 23.0 Å². The Morgan fingerprint density at radius 1 is 1.08 bits per heavy atom. The number of H-pyrrole nitrogens is 1. The molecule has 1 aromatic carbocycles. The topological polar surface area (TPSA) is 126 Å². The monoisotopic (exact) mass is 526 g/mol. The van der Waals surface area contributed by atoms with E-state index in [9.17, 15) is 22.8 Å². The first-order valence-electron chi connectivity index (χ1n) is 11.1. The number of ether oxygens (including phenoxy) is 1. The van der Waals surface area contributed by atoms with Crippen LogP contribution >= 0.6 is 11.6 Å². The molecule has 0 spiro atoms. The van der Waals surface area contributed by atoms with Crippen LogP contribution in [0.25, 0.3) is 11.2 Å². The lowest BCUT2D eigenvalue weighted by atomic mass is 10.1. The molecule has 0 amide bonds. The Bertz CT molecular complexity index is 1460. The third-order valence-electron chi connectivity index (χ3n) is 5.37. The standard InChI is InChI=1S/C21H22ClF3N8O3/c1-2-36-11-10-31-17-16(26-19(22)27-17)18(34)32(20(31)35)8-3-9-33-29-15(28-30-33)12-13-4-6-14(7-5-13)21(23,24)25/h4-7H,2-3,8-12H2,1H3,(H,26,27). The van der Waals surface area contributed by atoms with Crippen molar-refractivity contribution in [1.29, 1.82) is 0 Å². The van der Waals surface area contributed by atoms with Crippen LogP contribution in [0.2, 0.25) is 5.28 Å². The Balaban J connectivity index is 1.44. The fourth-order valence-electron chi connectivity index (χ4n) is 3.64. The second-order valence-corrected chi connectivity index (χ2v) is 8.20. The van der Waals surface area contributed by atoms with Crippen LogP contribution in [0.3, 0.4) is 0 Å². The zero-order chi connectivity index (χ0) is 25.9. The molecule has 0 aliphatic rings. The summed E-state index contributed by atoms with van der Waals surface area (Å²) in [5.74, 6) is 0.332. The fraction of sp³-hybridized carbons (Fsp3) is 0.429. The van der Waals surface area contributed by atoms with Gasteiger partial charge in [0.05, 0.1) is 25.3 Å². The number of alkyl halides is 3. The minimum Gasteiger partial charge on any atom is -0.380 e. The number of hydrogen-bond acceptors (Lipinski definition) is 7. The van der Waals surface area contributed by atoms with Crippen molar-refractivity contribution >= 4 is 22.8 Å². The molecule has 0 saturated carbocycles. The van der Waals surface area contributed by atoms with Crippen LogP contribution in [0.1, 0.15) is 30.3 Å². The Morgan fingerprint density at radius 2 is 1.83 bits per heavy atom. The van der Waals surface area contributed by atoms with Crippen LogP contribution < -0.4 is 11.2 Å². The predicted octanol–water partition coefficient (Wildman–Crippen LogP) is 2.26. The lowest BCUT2D eigenvalue weighted by molar-refractivity contribution is -0.137. The van der Waals surface area contributed by atoms with Gasteiger partial charge in [0.15, 0.2) is 17.0 Å². The second-order valence-electron chi connectivity index (χ2n) is 7.84. The highest BCUT2D eigenvalue weighted by atomic mass is 35.5. The molecule has 11 nitrogen and oxygen atoms in total. The molecule has 192 valence electrons. The normalized spacial score (nSPS) is 12.0. The van der Waals surface area contributed by atoms with Gasteiger partial charge in [-0.25, -0.2) is 4.79 Å². The van der Waals surface area contributed by atoms with Crippen LogP contribution in [-0.2, 0) is 37.0 Å². The first-order valence-corrected chi connectivity index (χ1v) is 11.4. The molecule has 3 heterocycles. The maximum atomic E-state index is 13.0. The number of nitrogens with zero attached hydrogens (tertiary/aromatic N) is 7. The SMILES string of the molecule is CCOCCn1c(=O)n(CCCn2nnc(Cc3ccc(C(F)(F)F)cc3)n2)c(=O)c2[nH]c(Cl)nc21. The van der Waals surface area contributed by atoms with Gasteiger partial charge in [0.25, 0.3) is 5.56 Å². The quantitative estimate of drug-likeness (QED) is 0.248.